The number of fused-ring (bicyclic) bond motifs is 2. The van der Waals surface area contributed by atoms with E-state index < -0.39 is 0 Å². The van der Waals surface area contributed by atoms with Gasteiger partial charge in [0.25, 0.3) is 0 Å². The average Bonchev–Trinajstić information content (AvgIpc) is 3.30. The van der Waals surface area contributed by atoms with Crippen molar-refractivity contribution in [2.75, 3.05) is 13.2 Å². The molecule has 0 saturated carbocycles. The second kappa shape index (κ2) is 7.30. The fourth-order valence-corrected chi connectivity index (χ4v) is 4.06. The van der Waals surface area contributed by atoms with E-state index in [1.54, 1.807) is 0 Å². The smallest absolute Gasteiger partial charge is 0.129 e. The highest BCUT2D eigenvalue weighted by Crippen LogP contribution is 2.34. The molecule has 0 fully saturated rings. The van der Waals surface area contributed by atoms with Gasteiger partial charge in [-0.2, -0.15) is 0 Å². The van der Waals surface area contributed by atoms with Crippen molar-refractivity contribution < 1.29 is 14.3 Å². The molecule has 2 heterocycles. The van der Waals surface area contributed by atoms with E-state index in [0.717, 1.165) is 31.0 Å². The van der Waals surface area contributed by atoms with Crippen molar-refractivity contribution in [2.24, 2.45) is 0 Å². The number of allylic oxidation sites excluding steroid dienone is 1. The van der Waals surface area contributed by atoms with E-state index in [9.17, 15) is 5.11 Å². The van der Waals surface area contributed by atoms with Crippen LogP contribution in [0.2, 0.25) is 0 Å². The zero-order chi connectivity index (χ0) is 18.9. The van der Waals surface area contributed by atoms with Crippen molar-refractivity contribution in [2.45, 2.75) is 26.1 Å². The van der Waals surface area contributed by atoms with Crippen LogP contribution < -0.4 is 4.74 Å². The average molecular weight is 373 g/mol. The first kappa shape index (κ1) is 17.3. The molecule has 0 saturated heterocycles. The molecule has 28 heavy (non-hydrogen) atoms. The quantitative estimate of drug-likeness (QED) is 0.742. The third-order valence-electron chi connectivity index (χ3n) is 5.51. The number of hydrogen-bond donors (Lipinski definition) is 1. The predicted molar refractivity (Wildman–Crippen MR) is 109 cm³/mol. The summed E-state index contributed by atoms with van der Waals surface area (Å²) in [6.45, 7) is 2.97. The SMILES string of the molecule is OCc1ccc(CN2CCOc3ccc(C4=Cc5ccccc5C4)cc3C2)o1. The summed E-state index contributed by atoms with van der Waals surface area (Å²) >= 11 is 0. The van der Waals surface area contributed by atoms with Gasteiger partial charge < -0.3 is 14.3 Å². The van der Waals surface area contributed by atoms with Gasteiger partial charge in [-0.1, -0.05) is 36.4 Å². The minimum Gasteiger partial charge on any atom is -0.492 e. The van der Waals surface area contributed by atoms with Crippen LogP contribution in [0.4, 0.5) is 0 Å². The number of furan rings is 1. The molecule has 142 valence electrons. The van der Waals surface area contributed by atoms with Crippen molar-refractivity contribution in [3.05, 3.63) is 88.4 Å². The molecule has 1 aliphatic carbocycles. The summed E-state index contributed by atoms with van der Waals surface area (Å²) in [6, 6.07) is 18.9. The number of nitrogens with zero attached hydrogens (tertiary/aromatic N) is 1. The maximum absolute atomic E-state index is 9.20. The Hall–Kier alpha value is -2.82. The van der Waals surface area contributed by atoms with Gasteiger partial charge in [-0.3, -0.25) is 4.90 Å². The lowest BCUT2D eigenvalue weighted by Crippen LogP contribution is -2.25. The van der Waals surface area contributed by atoms with Gasteiger partial charge in [0.2, 0.25) is 0 Å². The molecule has 0 spiro atoms. The standard InChI is InChI=1S/C24H23NO3/c26-16-23-7-6-22(28-23)15-25-9-10-27-24-8-5-19(13-21(24)14-25)20-11-17-3-1-2-4-18(17)12-20/h1-8,11,13,26H,9-10,12,14-16H2. The Morgan fingerprint density at radius 2 is 1.86 bits per heavy atom. The molecule has 0 radical (unpaired) electrons. The van der Waals surface area contributed by atoms with Gasteiger partial charge in [0.15, 0.2) is 0 Å². The molecule has 4 nitrogen and oxygen atoms in total. The van der Waals surface area contributed by atoms with E-state index in [1.807, 2.05) is 12.1 Å². The summed E-state index contributed by atoms with van der Waals surface area (Å²) in [5, 5.41) is 9.20. The Balaban J connectivity index is 1.37. The fourth-order valence-electron chi connectivity index (χ4n) is 4.06. The summed E-state index contributed by atoms with van der Waals surface area (Å²) in [5.41, 5.74) is 6.55. The molecule has 1 aromatic heterocycles. The molecule has 1 aliphatic heterocycles. The van der Waals surface area contributed by atoms with Crippen LogP contribution in [0.1, 0.15) is 33.8 Å². The van der Waals surface area contributed by atoms with Crippen LogP contribution >= 0.6 is 0 Å². The van der Waals surface area contributed by atoms with Crippen molar-refractivity contribution in [1.82, 2.24) is 4.90 Å². The second-order valence-electron chi connectivity index (χ2n) is 7.45. The summed E-state index contributed by atoms with van der Waals surface area (Å²) < 4.78 is 11.7. The summed E-state index contributed by atoms with van der Waals surface area (Å²) in [5.74, 6) is 2.45. The van der Waals surface area contributed by atoms with E-state index in [0.29, 0.717) is 18.9 Å². The van der Waals surface area contributed by atoms with Crippen molar-refractivity contribution in [3.8, 4) is 5.75 Å². The monoisotopic (exact) mass is 373 g/mol. The van der Waals surface area contributed by atoms with Crippen molar-refractivity contribution >= 4 is 11.6 Å². The molecule has 2 aromatic carbocycles. The summed E-state index contributed by atoms with van der Waals surface area (Å²) in [7, 11) is 0. The van der Waals surface area contributed by atoms with Crippen molar-refractivity contribution in [1.29, 1.82) is 0 Å². The zero-order valence-corrected chi connectivity index (χ0v) is 15.7. The highest BCUT2D eigenvalue weighted by Gasteiger charge is 2.19. The van der Waals surface area contributed by atoms with Crippen LogP contribution in [0.15, 0.2) is 59.0 Å². The molecule has 0 atom stereocenters. The first-order chi connectivity index (χ1) is 13.8. The number of hydrogen-bond acceptors (Lipinski definition) is 4. The number of benzene rings is 2. The Kier molecular flexibility index (Phi) is 4.51. The van der Waals surface area contributed by atoms with Gasteiger partial charge >= 0.3 is 0 Å². The topological polar surface area (TPSA) is 45.8 Å². The number of rotatable bonds is 4. The molecular formula is C24H23NO3. The van der Waals surface area contributed by atoms with Gasteiger partial charge in [0.1, 0.15) is 30.5 Å². The van der Waals surface area contributed by atoms with Crippen LogP contribution in [-0.4, -0.2) is 23.2 Å². The lowest BCUT2D eigenvalue weighted by Gasteiger charge is -2.18. The molecule has 5 rings (SSSR count). The van der Waals surface area contributed by atoms with E-state index in [-0.39, 0.29) is 6.61 Å². The molecule has 0 amide bonds. The maximum Gasteiger partial charge on any atom is 0.129 e. The Morgan fingerprint density at radius 3 is 2.71 bits per heavy atom. The van der Waals surface area contributed by atoms with E-state index in [1.165, 1.54) is 27.8 Å². The van der Waals surface area contributed by atoms with Crippen LogP contribution in [0.3, 0.4) is 0 Å². The lowest BCUT2D eigenvalue weighted by atomic mass is 10.0. The first-order valence-corrected chi connectivity index (χ1v) is 9.74. The second-order valence-corrected chi connectivity index (χ2v) is 7.45. The van der Waals surface area contributed by atoms with Crippen LogP contribution in [-0.2, 0) is 26.1 Å². The van der Waals surface area contributed by atoms with Gasteiger partial charge in [-0.05, 0) is 52.9 Å². The minimum atomic E-state index is -0.0627. The number of ether oxygens (including phenoxy) is 1. The summed E-state index contributed by atoms with van der Waals surface area (Å²) in [6.07, 6.45) is 3.28. The normalized spacial score (nSPS) is 16.1. The van der Waals surface area contributed by atoms with E-state index >= 15 is 0 Å². The number of aliphatic hydroxyl groups is 1. The van der Waals surface area contributed by atoms with Crippen LogP contribution in [0, 0.1) is 0 Å². The zero-order valence-electron chi connectivity index (χ0n) is 15.7. The van der Waals surface area contributed by atoms with Crippen molar-refractivity contribution in [3.63, 3.8) is 0 Å². The lowest BCUT2D eigenvalue weighted by molar-refractivity contribution is 0.197. The number of aliphatic hydroxyl groups excluding tert-OH is 1. The van der Waals surface area contributed by atoms with E-state index in [4.69, 9.17) is 9.15 Å². The third kappa shape index (κ3) is 3.37. The molecular weight excluding hydrogens is 350 g/mol. The molecule has 0 unspecified atom stereocenters. The molecule has 2 aliphatic rings. The molecule has 3 aromatic rings. The Labute approximate surface area is 164 Å². The van der Waals surface area contributed by atoms with Gasteiger partial charge in [0.05, 0.1) is 6.54 Å². The first-order valence-electron chi connectivity index (χ1n) is 9.74. The highest BCUT2D eigenvalue weighted by molar-refractivity contribution is 5.88. The van der Waals surface area contributed by atoms with Crippen LogP contribution in [0.25, 0.3) is 11.6 Å². The largest absolute Gasteiger partial charge is 0.492 e. The Bertz CT molecular complexity index is 1030. The Morgan fingerprint density at radius 1 is 0.964 bits per heavy atom. The van der Waals surface area contributed by atoms with Gasteiger partial charge in [-0.15, -0.1) is 0 Å². The fraction of sp³-hybridized carbons (Fsp3) is 0.250. The maximum atomic E-state index is 9.20. The molecule has 4 heteroatoms. The molecule has 0 bridgehead atoms. The van der Waals surface area contributed by atoms with Gasteiger partial charge in [0, 0.05) is 18.7 Å². The third-order valence-corrected chi connectivity index (χ3v) is 5.51. The summed E-state index contributed by atoms with van der Waals surface area (Å²) in [4.78, 5) is 2.33. The minimum absolute atomic E-state index is 0.0627. The predicted octanol–water partition coefficient (Wildman–Crippen LogP) is 4.26. The van der Waals surface area contributed by atoms with E-state index in [2.05, 4.69) is 53.4 Å². The molecule has 1 N–H and O–H groups in total. The highest BCUT2D eigenvalue weighted by atomic mass is 16.5. The van der Waals surface area contributed by atoms with Crippen LogP contribution in [0.5, 0.6) is 5.75 Å². The van der Waals surface area contributed by atoms with Gasteiger partial charge in [-0.25, -0.2) is 0 Å².